The van der Waals surface area contributed by atoms with Crippen LogP contribution in [0.2, 0.25) is 0 Å². The van der Waals surface area contributed by atoms with Gasteiger partial charge in [0.2, 0.25) is 11.7 Å². The van der Waals surface area contributed by atoms with E-state index in [0.717, 1.165) is 44.6 Å². The van der Waals surface area contributed by atoms with Gasteiger partial charge in [0, 0.05) is 28.7 Å². The summed E-state index contributed by atoms with van der Waals surface area (Å²) in [7, 11) is 1.58. The molecule has 0 radical (unpaired) electrons. The van der Waals surface area contributed by atoms with Crippen molar-refractivity contribution in [2.75, 3.05) is 12.8 Å². The SMILES string of the molecule is COc1ccc(-c2ccc3[nH]c(C(=O)c4cnn(-c5ccc6nc(C)[nH]c6c5)c4N)cc3c2)cn1. The van der Waals surface area contributed by atoms with Crippen molar-refractivity contribution in [2.24, 2.45) is 0 Å². The van der Waals surface area contributed by atoms with Gasteiger partial charge in [-0.2, -0.15) is 5.10 Å². The van der Waals surface area contributed by atoms with Crippen molar-refractivity contribution in [2.45, 2.75) is 6.92 Å². The van der Waals surface area contributed by atoms with Crippen LogP contribution in [0.15, 0.2) is 67.0 Å². The Morgan fingerprint density at radius 3 is 2.63 bits per heavy atom. The molecule has 0 amide bonds. The molecular formula is C26H21N7O2. The quantitative estimate of drug-likeness (QED) is 0.325. The van der Waals surface area contributed by atoms with E-state index in [-0.39, 0.29) is 11.6 Å². The average molecular weight is 464 g/mol. The number of carbonyl (C=O) groups is 1. The van der Waals surface area contributed by atoms with E-state index in [4.69, 9.17) is 10.5 Å². The van der Waals surface area contributed by atoms with Gasteiger partial charge in [-0.15, -0.1) is 0 Å². The lowest BCUT2D eigenvalue weighted by Crippen LogP contribution is -2.07. The molecule has 2 aromatic carbocycles. The number of aryl methyl sites for hydroxylation is 1. The van der Waals surface area contributed by atoms with Crippen LogP contribution in [0.5, 0.6) is 5.88 Å². The first-order valence-electron chi connectivity index (χ1n) is 11.0. The lowest BCUT2D eigenvalue weighted by molar-refractivity contribution is 0.103. The lowest BCUT2D eigenvalue weighted by Gasteiger charge is -2.05. The molecule has 6 rings (SSSR count). The molecule has 6 aromatic rings. The molecule has 0 aliphatic rings. The fourth-order valence-corrected chi connectivity index (χ4v) is 4.25. The van der Waals surface area contributed by atoms with Gasteiger partial charge in [0.1, 0.15) is 11.6 Å². The minimum absolute atomic E-state index is 0.226. The van der Waals surface area contributed by atoms with E-state index >= 15 is 0 Å². The number of H-pyrrole nitrogens is 2. The second-order valence-corrected chi connectivity index (χ2v) is 8.28. The van der Waals surface area contributed by atoms with Crippen molar-refractivity contribution in [1.82, 2.24) is 29.7 Å². The van der Waals surface area contributed by atoms with Gasteiger partial charge >= 0.3 is 0 Å². The van der Waals surface area contributed by atoms with Crippen molar-refractivity contribution >= 4 is 33.5 Å². The first-order valence-corrected chi connectivity index (χ1v) is 11.0. The zero-order chi connectivity index (χ0) is 24.1. The summed E-state index contributed by atoms with van der Waals surface area (Å²) in [5, 5.41) is 5.28. The summed E-state index contributed by atoms with van der Waals surface area (Å²) in [6.07, 6.45) is 3.26. The molecule has 0 bridgehead atoms. The maximum Gasteiger partial charge on any atom is 0.214 e. The minimum Gasteiger partial charge on any atom is -0.481 e. The summed E-state index contributed by atoms with van der Waals surface area (Å²) < 4.78 is 6.69. The first kappa shape index (κ1) is 20.7. The summed E-state index contributed by atoms with van der Waals surface area (Å²) in [6, 6.07) is 17.2. The van der Waals surface area contributed by atoms with Crippen molar-refractivity contribution in [3.8, 4) is 22.7 Å². The maximum absolute atomic E-state index is 13.3. The third-order valence-electron chi connectivity index (χ3n) is 6.02. The predicted molar refractivity (Wildman–Crippen MR) is 134 cm³/mol. The average Bonchev–Trinajstić information content (AvgIpc) is 3.58. The van der Waals surface area contributed by atoms with Gasteiger partial charge in [-0.25, -0.2) is 14.6 Å². The molecule has 172 valence electrons. The van der Waals surface area contributed by atoms with Crippen LogP contribution in [0.4, 0.5) is 5.82 Å². The second-order valence-electron chi connectivity index (χ2n) is 8.28. The summed E-state index contributed by atoms with van der Waals surface area (Å²) in [6.45, 7) is 1.90. The Hall–Kier alpha value is -4.92. The van der Waals surface area contributed by atoms with Gasteiger partial charge in [0.15, 0.2) is 0 Å². The number of hydrogen-bond donors (Lipinski definition) is 3. The number of anilines is 1. The van der Waals surface area contributed by atoms with Crippen LogP contribution >= 0.6 is 0 Å². The van der Waals surface area contributed by atoms with Crippen LogP contribution in [-0.2, 0) is 0 Å². The van der Waals surface area contributed by atoms with Crippen molar-refractivity contribution < 1.29 is 9.53 Å². The zero-order valence-corrected chi connectivity index (χ0v) is 19.0. The molecule has 9 nitrogen and oxygen atoms in total. The Morgan fingerprint density at radius 1 is 0.971 bits per heavy atom. The number of aromatic nitrogens is 6. The third kappa shape index (κ3) is 3.50. The first-order chi connectivity index (χ1) is 17.0. The highest BCUT2D eigenvalue weighted by Gasteiger charge is 2.20. The van der Waals surface area contributed by atoms with E-state index in [1.807, 2.05) is 61.5 Å². The number of ketones is 1. The molecule has 0 aliphatic heterocycles. The largest absolute Gasteiger partial charge is 0.481 e. The molecule has 0 saturated carbocycles. The van der Waals surface area contributed by atoms with E-state index < -0.39 is 0 Å². The molecular weight excluding hydrogens is 442 g/mol. The van der Waals surface area contributed by atoms with Crippen LogP contribution in [0.1, 0.15) is 21.9 Å². The highest BCUT2D eigenvalue weighted by Crippen LogP contribution is 2.28. The number of ether oxygens (including phenoxy) is 1. The predicted octanol–water partition coefficient (Wildman–Crippen LogP) is 4.42. The summed E-state index contributed by atoms with van der Waals surface area (Å²) in [5.74, 6) is 1.43. The normalized spacial score (nSPS) is 11.4. The standard InChI is InChI=1S/C26H21N7O2/c1-14-30-21-7-5-18(11-22(21)31-14)33-26(27)19(13-29-33)25(34)23-10-17-9-15(3-6-20(17)32-23)16-4-8-24(35-2)28-12-16/h3-13,32H,27H2,1-2H3,(H,30,31). The number of benzene rings is 2. The molecule has 4 aromatic heterocycles. The van der Waals surface area contributed by atoms with Crippen molar-refractivity contribution in [3.63, 3.8) is 0 Å². The van der Waals surface area contributed by atoms with E-state index in [0.29, 0.717) is 17.1 Å². The number of aromatic amines is 2. The highest BCUT2D eigenvalue weighted by atomic mass is 16.5. The summed E-state index contributed by atoms with van der Waals surface area (Å²) in [4.78, 5) is 28.4. The minimum atomic E-state index is -0.226. The Morgan fingerprint density at radius 2 is 1.83 bits per heavy atom. The number of pyridine rings is 1. The number of nitrogens with one attached hydrogen (secondary N) is 2. The Labute approximate surface area is 199 Å². The lowest BCUT2D eigenvalue weighted by atomic mass is 10.1. The van der Waals surface area contributed by atoms with Crippen LogP contribution in [0, 0.1) is 6.92 Å². The maximum atomic E-state index is 13.3. The van der Waals surface area contributed by atoms with E-state index in [1.165, 1.54) is 6.20 Å². The fraction of sp³-hybridized carbons (Fsp3) is 0.0769. The Balaban J connectivity index is 1.32. The number of methoxy groups -OCH3 is 1. The van der Waals surface area contributed by atoms with Gasteiger partial charge < -0.3 is 20.4 Å². The van der Waals surface area contributed by atoms with E-state index in [1.54, 1.807) is 18.0 Å². The monoisotopic (exact) mass is 463 g/mol. The zero-order valence-electron chi connectivity index (χ0n) is 19.0. The molecule has 0 atom stereocenters. The van der Waals surface area contributed by atoms with Gasteiger partial charge in [0.05, 0.1) is 41.3 Å². The number of nitrogens with two attached hydrogens (primary N) is 1. The van der Waals surface area contributed by atoms with E-state index in [2.05, 4.69) is 25.0 Å². The fourth-order valence-electron chi connectivity index (χ4n) is 4.25. The number of rotatable bonds is 5. The topological polar surface area (TPSA) is 128 Å². The smallest absolute Gasteiger partial charge is 0.214 e. The van der Waals surface area contributed by atoms with Crippen LogP contribution in [-0.4, -0.2) is 42.6 Å². The second kappa shape index (κ2) is 7.84. The number of hydrogen-bond acceptors (Lipinski definition) is 6. The Bertz CT molecular complexity index is 1720. The van der Waals surface area contributed by atoms with Gasteiger partial charge in [-0.1, -0.05) is 6.07 Å². The number of nitrogen functional groups attached to an aromatic ring is 1. The summed E-state index contributed by atoms with van der Waals surface area (Å²) in [5.41, 5.74) is 12.4. The van der Waals surface area contributed by atoms with Crippen LogP contribution in [0.3, 0.4) is 0 Å². The molecule has 0 unspecified atom stereocenters. The van der Waals surface area contributed by atoms with Gasteiger partial charge in [-0.05, 0) is 55.0 Å². The molecule has 35 heavy (non-hydrogen) atoms. The van der Waals surface area contributed by atoms with Crippen molar-refractivity contribution in [1.29, 1.82) is 0 Å². The van der Waals surface area contributed by atoms with Crippen LogP contribution < -0.4 is 10.5 Å². The molecule has 0 fully saturated rings. The molecule has 9 heteroatoms. The molecule has 4 N–H and O–H groups in total. The third-order valence-corrected chi connectivity index (χ3v) is 6.02. The Kier molecular flexibility index (Phi) is 4.63. The number of imidazole rings is 1. The van der Waals surface area contributed by atoms with Gasteiger partial charge in [0.25, 0.3) is 0 Å². The van der Waals surface area contributed by atoms with Gasteiger partial charge in [-0.3, -0.25) is 4.79 Å². The molecule has 0 aliphatic carbocycles. The highest BCUT2D eigenvalue weighted by molar-refractivity contribution is 6.12. The molecule has 4 heterocycles. The number of carbonyl (C=O) groups excluding carboxylic acids is 1. The van der Waals surface area contributed by atoms with E-state index in [9.17, 15) is 4.79 Å². The van der Waals surface area contributed by atoms with Crippen molar-refractivity contribution in [3.05, 3.63) is 84.1 Å². The number of nitrogens with zero attached hydrogens (tertiary/aromatic N) is 4. The molecule has 0 spiro atoms. The molecule has 0 saturated heterocycles. The van der Waals surface area contributed by atoms with Crippen LogP contribution in [0.25, 0.3) is 38.8 Å². The summed E-state index contributed by atoms with van der Waals surface area (Å²) >= 11 is 0. The number of fused-ring (bicyclic) bond motifs is 2.